The van der Waals surface area contributed by atoms with Crippen molar-refractivity contribution in [2.75, 3.05) is 26.3 Å². The number of nitrogens with zero attached hydrogens (tertiary/aromatic N) is 1. The van der Waals surface area contributed by atoms with Crippen LogP contribution in [0.2, 0.25) is 0 Å². The van der Waals surface area contributed by atoms with Crippen molar-refractivity contribution in [2.24, 2.45) is 5.92 Å². The summed E-state index contributed by atoms with van der Waals surface area (Å²) in [7, 11) is 0. The van der Waals surface area contributed by atoms with Crippen molar-refractivity contribution < 1.29 is 28.2 Å². The molecule has 0 unspecified atom stereocenters. The number of hydrogen-bond donors (Lipinski definition) is 0. The van der Waals surface area contributed by atoms with Crippen LogP contribution in [0.3, 0.4) is 0 Å². The Balaban J connectivity index is 1.15. The Kier molecular flexibility index (Phi) is 6.49. The maximum absolute atomic E-state index is 13.0. The predicted octanol–water partition coefficient (Wildman–Crippen LogP) is 4.98. The van der Waals surface area contributed by atoms with Gasteiger partial charge in [-0.2, -0.15) is 0 Å². The van der Waals surface area contributed by atoms with Crippen LogP contribution in [0.15, 0.2) is 52.9 Å². The number of ether oxygens (including phenoxy) is 3. The Morgan fingerprint density at radius 1 is 0.943 bits per heavy atom. The van der Waals surface area contributed by atoms with E-state index < -0.39 is 0 Å². The van der Waals surface area contributed by atoms with Crippen LogP contribution in [0.25, 0.3) is 0 Å². The van der Waals surface area contributed by atoms with E-state index in [-0.39, 0.29) is 24.2 Å². The third-order valence-corrected chi connectivity index (χ3v) is 6.55. The van der Waals surface area contributed by atoms with E-state index in [1.807, 2.05) is 26.0 Å². The predicted molar refractivity (Wildman–Crippen MR) is 129 cm³/mol. The zero-order valence-electron chi connectivity index (χ0n) is 20.0. The number of benzene rings is 2. The van der Waals surface area contributed by atoms with E-state index in [4.69, 9.17) is 18.6 Å². The zero-order chi connectivity index (χ0) is 24.4. The summed E-state index contributed by atoms with van der Waals surface area (Å²) < 4.78 is 22.8. The molecule has 0 N–H and O–H groups in total. The average molecular weight is 476 g/mol. The molecule has 2 aliphatic heterocycles. The number of ketones is 1. The Morgan fingerprint density at radius 3 is 2.49 bits per heavy atom. The van der Waals surface area contributed by atoms with Gasteiger partial charge in [0.25, 0.3) is 5.91 Å². The molecule has 7 heteroatoms. The van der Waals surface area contributed by atoms with Crippen LogP contribution in [0, 0.1) is 19.8 Å². The summed E-state index contributed by atoms with van der Waals surface area (Å²) >= 11 is 0. The number of carbonyl (C=O) groups is 2. The molecule has 0 radical (unpaired) electrons. The fourth-order valence-electron chi connectivity index (χ4n) is 4.61. The molecule has 2 aromatic carbocycles. The van der Waals surface area contributed by atoms with Gasteiger partial charge >= 0.3 is 0 Å². The first-order chi connectivity index (χ1) is 17.0. The lowest BCUT2D eigenvalue weighted by Gasteiger charge is -2.31. The van der Waals surface area contributed by atoms with Crippen molar-refractivity contribution >= 4 is 11.7 Å². The van der Waals surface area contributed by atoms with E-state index in [2.05, 4.69) is 6.07 Å². The summed E-state index contributed by atoms with van der Waals surface area (Å²) in [5.41, 5.74) is 2.86. The molecule has 7 nitrogen and oxygen atoms in total. The van der Waals surface area contributed by atoms with Gasteiger partial charge in [0.1, 0.15) is 31.3 Å². The monoisotopic (exact) mass is 475 g/mol. The minimum atomic E-state index is -0.159. The van der Waals surface area contributed by atoms with Crippen molar-refractivity contribution in [2.45, 2.75) is 33.3 Å². The van der Waals surface area contributed by atoms with E-state index in [1.165, 1.54) is 5.56 Å². The van der Waals surface area contributed by atoms with Crippen LogP contribution in [0.1, 0.15) is 50.6 Å². The number of carbonyl (C=O) groups excluding carboxylic acids is 2. The van der Waals surface area contributed by atoms with E-state index in [0.29, 0.717) is 67.7 Å². The first-order valence-corrected chi connectivity index (χ1v) is 12.0. The number of rotatable bonds is 6. The molecule has 5 rings (SSSR count). The Morgan fingerprint density at radius 2 is 1.71 bits per heavy atom. The third-order valence-electron chi connectivity index (χ3n) is 6.55. The molecule has 0 bridgehead atoms. The number of Topliss-reactive ketones (excluding diaryl/α,β-unsaturated/α-hetero) is 1. The van der Waals surface area contributed by atoms with E-state index in [1.54, 1.807) is 35.2 Å². The molecule has 0 aliphatic carbocycles. The molecule has 0 spiro atoms. The molecule has 1 fully saturated rings. The van der Waals surface area contributed by atoms with E-state index in [9.17, 15) is 9.59 Å². The maximum Gasteiger partial charge on any atom is 0.289 e. The fourth-order valence-corrected chi connectivity index (χ4v) is 4.61. The lowest BCUT2D eigenvalue weighted by molar-refractivity contribution is 0.0621. The lowest BCUT2D eigenvalue weighted by atomic mass is 9.88. The molecular weight excluding hydrogens is 446 g/mol. The van der Waals surface area contributed by atoms with Crippen LogP contribution >= 0.6 is 0 Å². The van der Waals surface area contributed by atoms with Gasteiger partial charge in [-0.3, -0.25) is 9.59 Å². The number of likely N-dealkylation sites (tertiary alicyclic amines) is 1. The van der Waals surface area contributed by atoms with E-state index in [0.717, 1.165) is 11.3 Å². The van der Waals surface area contributed by atoms with Crippen LogP contribution < -0.4 is 14.2 Å². The second-order valence-corrected chi connectivity index (χ2v) is 9.11. The quantitative estimate of drug-likeness (QED) is 0.468. The standard InChI is InChI=1S/C28H29NO6/c1-18-3-6-23(19(2)15-18)34-17-22-5-8-25(35-22)28(31)29-11-9-20(10-12-29)27(30)21-4-7-24-26(16-21)33-14-13-32-24/h3-8,15-16,20H,9-14,17H2,1-2H3. The van der Waals surface area contributed by atoms with Crippen LogP contribution in [0.4, 0.5) is 0 Å². The van der Waals surface area contributed by atoms with Gasteiger partial charge in [-0.25, -0.2) is 0 Å². The lowest BCUT2D eigenvalue weighted by Crippen LogP contribution is -2.40. The molecule has 0 saturated carbocycles. The summed E-state index contributed by atoms with van der Waals surface area (Å²) in [4.78, 5) is 27.7. The molecule has 1 amide bonds. The third kappa shape index (κ3) is 5.04. The minimum Gasteiger partial charge on any atom is -0.486 e. The smallest absolute Gasteiger partial charge is 0.289 e. The topological polar surface area (TPSA) is 78.2 Å². The van der Waals surface area contributed by atoms with Crippen LogP contribution in [-0.4, -0.2) is 42.9 Å². The first-order valence-electron chi connectivity index (χ1n) is 12.0. The van der Waals surface area contributed by atoms with Gasteiger partial charge in [-0.15, -0.1) is 0 Å². The number of fused-ring (bicyclic) bond motifs is 1. The highest BCUT2D eigenvalue weighted by Gasteiger charge is 2.30. The van der Waals surface area contributed by atoms with Crippen molar-refractivity contribution in [1.82, 2.24) is 4.90 Å². The average Bonchev–Trinajstić information content (AvgIpc) is 3.36. The van der Waals surface area contributed by atoms with Gasteiger partial charge < -0.3 is 23.5 Å². The molecule has 1 saturated heterocycles. The number of aryl methyl sites for hydroxylation is 2. The highest BCUT2D eigenvalue weighted by molar-refractivity contribution is 5.99. The maximum atomic E-state index is 13.0. The Labute approximate surface area is 204 Å². The largest absolute Gasteiger partial charge is 0.486 e. The summed E-state index contributed by atoms with van der Waals surface area (Å²) in [6.07, 6.45) is 1.23. The molecule has 3 aromatic rings. The summed E-state index contributed by atoms with van der Waals surface area (Å²) in [6.45, 7) is 6.31. The summed E-state index contributed by atoms with van der Waals surface area (Å²) in [6, 6.07) is 14.8. The molecule has 2 aliphatic rings. The zero-order valence-corrected chi connectivity index (χ0v) is 20.0. The highest BCUT2D eigenvalue weighted by Crippen LogP contribution is 2.33. The second kappa shape index (κ2) is 9.86. The van der Waals surface area contributed by atoms with Gasteiger partial charge in [0.15, 0.2) is 23.0 Å². The van der Waals surface area contributed by atoms with Gasteiger partial charge in [-0.1, -0.05) is 17.7 Å². The van der Waals surface area contributed by atoms with Gasteiger partial charge in [0.05, 0.1) is 0 Å². The van der Waals surface area contributed by atoms with Gasteiger partial charge in [-0.05, 0) is 68.7 Å². The normalized spacial score (nSPS) is 15.7. The van der Waals surface area contributed by atoms with Crippen molar-refractivity contribution in [3.05, 3.63) is 76.7 Å². The van der Waals surface area contributed by atoms with Gasteiger partial charge in [0, 0.05) is 24.6 Å². The molecule has 35 heavy (non-hydrogen) atoms. The number of hydrogen-bond acceptors (Lipinski definition) is 6. The van der Waals surface area contributed by atoms with Crippen LogP contribution in [-0.2, 0) is 6.61 Å². The van der Waals surface area contributed by atoms with Crippen LogP contribution in [0.5, 0.6) is 17.2 Å². The number of amides is 1. The highest BCUT2D eigenvalue weighted by atomic mass is 16.6. The molecular formula is C28H29NO6. The summed E-state index contributed by atoms with van der Waals surface area (Å²) in [5, 5.41) is 0. The molecule has 0 atom stereocenters. The minimum absolute atomic E-state index is 0.0814. The molecule has 182 valence electrons. The van der Waals surface area contributed by atoms with Gasteiger partial charge in [0.2, 0.25) is 0 Å². The SMILES string of the molecule is Cc1ccc(OCc2ccc(C(=O)N3CCC(C(=O)c4ccc5c(c4)OCCO5)CC3)o2)c(C)c1. The first kappa shape index (κ1) is 23.0. The second-order valence-electron chi connectivity index (χ2n) is 9.11. The van der Waals surface area contributed by atoms with E-state index >= 15 is 0 Å². The van der Waals surface area contributed by atoms with Crippen molar-refractivity contribution in [3.8, 4) is 17.2 Å². The van der Waals surface area contributed by atoms with Crippen molar-refractivity contribution in [1.29, 1.82) is 0 Å². The van der Waals surface area contributed by atoms with Crippen molar-refractivity contribution in [3.63, 3.8) is 0 Å². The summed E-state index contributed by atoms with van der Waals surface area (Å²) in [5.74, 6) is 2.77. The molecule has 3 heterocycles. The Hall–Kier alpha value is -3.74. The number of piperidine rings is 1. The Bertz CT molecular complexity index is 1240. The molecule has 1 aromatic heterocycles. The fraction of sp³-hybridized carbons (Fsp3) is 0.357. The number of furan rings is 1.